The summed E-state index contributed by atoms with van der Waals surface area (Å²) in [6, 6.07) is 14.2. The molecule has 0 aliphatic heterocycles. The molecular weight excluding hydrogens is 237 g/mol. The van der Waals surface area contributed by atoms with E-state index < -0.39 is 0 Å². The van der Waals surface area contributed by atoms with Crippen LogP contribution < -0.4 is 0 Å². The predicted octanol–water partition coefficient (Wildman–Crippen LogP) is 3.91. The van der Waals surface area contributed by atoms with Crippen molar-refractivity contribution < 1.29 is 3.98 Å². The molecule has 0 bridgehead atoms. The van der Waals surface area contributed by atoms with Crippen LogP contribution in [0.15, 0.2) is 61.1 Å². The van der Waals surface area contributed by atoms with Crippen molar-refractivity contribution >= 4 is 31.3 Å². The van der Waals surface area contributed by atoms with Crippen molar-refractivity contribution in [2.75, 3.05) is 0 Å². The Kier molecular flexibility index (Phi) is 8.60. The van der Waals surface area contributed by atoms with Crippen molar-refractivity contribution in [1.29, 1.82) is 0 Å². The van der Waals surface area contributed by atoms with E-state index in [1.165, 1.54) is 10.9 Å². The van der Waals surface area contributed by atoms with Gasteiger partial charge < -0.3 is 9.97 Å². The second kappa shape index (κ2) is 9.54. The van der Waals surface area contributed by atoms with E-state index in [-0.39, 0.29) is 8.41 Å². The molecule has 0 saturated heterocycles. The van der Waals surface area contributed by atoms with Gasteiger partial charge in [0.25, 0.3) is 0 Å². The van der Waals surface area contributed by atoms with Gasteiger partial charge in [-0.1, -0.05) is 18.2 Å². The number of aromatic nitrogens is 2. The Morgan fingerprint density at radius 3 is 2.00 bits per heavy atom. The molecule has 17 heavy (non-hydrogen) atoms. The lowest BCUT2D eigenvalue weighted by atomic mass is 10.3. The molecular formula is C12H12BClFN2. The molecule has 0 aliphatic rings. The quantitative estimate of drug-likeness (QED) is 0.566. The molecule has 0 atom stereocenters. The topological polar surface area (TPSA) is 31.6 Å². The molecule has 0 amide bonds. The lowest BCUT2D eigenvalue weighted by Crippen LogP contribution is -1.61. The molecule has 3 rings (SSSR count). The molecule has 0 aliphatic carbocycles. The van der Waals surface area contributed by atoms with Gasteiger partial charge in [0.15, 0.2) is 0 Å². The van der Waals surface area contributed by atoms with Crippen LogP contribution in [0.2, 0.25) is 0 Å². The number of halogens is 2. The monoisotopic (exact) mass is 249 g/mol. The summed E-state index contributed by atoms with van der Waals surface area (Å²) in [5.74, 6) is 0. The predicted molar refractivity (Wildman–Crippen MR) is 71.8 cm³/mol. The van der Waals surface area contributed by atoms with Gasteiger partial charge in [-0.2, -0.15) is 0 Å². The Hall–Kier alpha value is -1.68. The van der Waals surface area contributed by atoms with Crippen molar-refractivity contribution in [3.05, 3.63) is 61.1 Å². The van der Waals surface area contributed by atoms with Crippen LogP contribution in [0, 0.1) is 0 Å². The Labute approximate surface area is 107 Å². The molecule has 87 valence electrons. The van der Waals surface area contributed by atoms with Crippen LogP contribution in [0.5, 0.6) is 0 Å². The van der Waals surface area contributed by atoms with E-state index in [1.54, 1.807) is 0 Å². The molecule has 3 aromatic rings. The van der Waals surface area contributed by atoms with Crippen LogP contribution in [0.4, 0.5) is 3.98 Å². The lowest BCUT2D eigenvalue weighted by Gasteiger charge is -1.83. The average Bonchev–Trinajstić information content (AvgIpc) is 3.06. The minimum atomic E-state index is 0. The first-order chi connectivity index (χ1) is 7.97. The molecule has 3 radical (unpaired) electrons. The van der Waals surface area contributed by atoms with E-state index >= 15 is 0 Å². The average molecular weight is 250 g/mol. The van der Waals surface area contributed by atoms with Crippen LogP contribution >= 0.6 is 12.0 Å². The van der Waals surface area contributed by atoms with Gasteiger partial charge in [-0.25, -0.2) is 0 Å². The van der Waals surface area contributed by atoms with Crippen LogP contribution in [0.1, 0.15) is 0 Å². The summed E-state index contributed by atoms with van der Waals surface area (Å²) in [4.78, 5) is 5.98. The van der Waals surface area contributed by atoms with E-state index in [4.69, 9.17) is 3.98 Å². The molecule has 0 fully saturated rings. The fourth-order valence-electron chi connectivity index (χ4n) is 1.27. The number of rotatable bonds is 0. The molecule has 0 spiro atoms. The number of fused-ring (bicyclic) bond motifs is 1. The number of nitrogens with one attached hydrogen (secondary N) is 2. The summed E-state index contributed by atoms with van der Waals surface area (Å²) in [7, 11) is 0. The summed E-state index contributed by atoms with van der Waals surface area (Å²) in [6.45, 7) is 0. The van der Waals surface area contributed by atoms with Gasteiger partial charge in [-0.3, -0.25) is 0 Å². The standard InChI is InChI=1S/C8H7N.C4H5N.B.ClF/c1-2-4-8-7(3-1)5-6-9-8;1-2-4-5-3-1;;1-2/h1-6,9H;1-5H;;. The SMILES string of the molecule is FCl.[B].c1cc[nH]c1.c1ccc2[nH]ccc2c1. The van der Waals surface area contributed by atoms with Crippen LogP contribution in [0.3, 0.4) is 0 Å². The Balaban J connectivity index is 0.000000277. The van der Waals surface area contributed by atoms with Crippen molar-refractivity contribution in [2.24, 2.45) is 0 Å². The maximum absolute atomic E-state index is 8.97. The number of para-hydroxylation sites is 1. The van der Waals surface area contributed by atoms with Crippen LogP contribution in [-0.4, -0.2) is 18.4 Å². The number of aromatic amines is 2. The second-order valence-electron chi connectivity index (χ2n) is 2.95. The molecule has 5 heteroatoms. The number of hydrogen-bond acceptors (Lipinski definition) is 0. The van der Waals surface area contributed by atoms with Gasteiger partial charge in [-0.05, 0) is 29.7 Å². The fraction of sp³-hybridized carbons (Fsp3) is 0. The molecule has 0 saturated carbocycles. The minimum absolute atomic E-state index is 0. The second-order valence-corrected chi connectivity index (χ2v) is 2.95. The maximum Gasteiger partial charge on any atom is 0.116 e. The smallest absolute Gasteiger partial charge is 0.116 e. The Bertz CT molecular complexity index is 434. The Morgan fingerprint density at radius 1 is 0.824 bits per heavy atom. The zero-order valence-corrected chi connectivity index (χ0v) is 9.86. The Morgan fingerprint density at radius 2 is 1.47 bits per heavy atom. The summed E-state index contributed by atoms with van der Waals surface area (Å²) < 4.78 is 8.97. The van der Waals surface area contributed by atoms with Crippen molar-refractivity contribution in [1.82, 2.24) is 9.97 Å². The number of benzene rings is 1. The van der Waals surface area contributed by atoms with E-state index in [2.05, 4.69) is 40.1 Å². The molecule has 2 aromatic heterocycles. The summed E-state index contributed by atoms with van der Waals surface area (Å²) >= 11 is 3.14. The molecule has 2 N–H and O–H groups in total. The van der Waals surface area contributed by atoms with Gasteiger partial charge in [0.2, 0.25) is 0 Å². The van der Waals surface area contributed by atoms with Gasteiger partial charge in [0, 0.05) is 32.5 Å². The summed E-state index contributed by atoms with van der Waals surface area (Å²) in [5.41, 5.74) is 1.21. The minimum Gasteiger partial charge on any atom is -0.368 e. The summed E-state index contributed by atoms with van der Waals surface area (Å²) in [5, 5.41) is 1.28. The van der Waals surface area contributed by atoms with E-state index in [0.717, 1.165) is 0 Å². The highest BCUT2D eigenvalue weighted by atomic mass is 35.5. The highest BCUT2D eigenvalue weighted by Crippen LogP contribution is 2.09. The van der Waals surface area contributed by atoms with Gasteiger partial charge in [0.05, 0.1) is 0 Å². The summed E-state index contributed by atoms with van der Waals surface area (Å²) in [6.07, 6.45) is 5.70. The first-order valence-corrected chi connectivity index (χ1v) is 4.99. The number of hydrogen-bond donors (Lipinski definition) is 2. The third-order valence-electron chi connectivity index (χ3n) is 1.96. The zero-order valence-electron chi connectivity index (χ0n) is 9.11. The third-order valence-corrected chi connectivity index (χ3v) is 1.96. The van der Waals surface area contributed by atoms with Crippen molar-refractivity contribution in [3.63, 3.8) is 0 Å². The zero-order chi connectivity index (χ0) is 11.6. The van der Waals surface area contributed by atoms with E-state index in [9.17, 15) is 0 Å². The van der Waals surface area contributed by atoms with Gasteiger partial charge >= 0.3 is 0 Å². The van der Waals surface area contributed by atoms with Gasteiger partial charge in [0.1, 0.15) is 12.0 Å². The van der Waals surface area contributed by atoms with E-state index in [0.29, 0.717) is 0 Å². The molecule has 2 nitrogen and oxygen atoms in total. The highest BCUT2D eigenvalue weighted by Gasteiger charge is 1.86. The molecule has 2 heterocycles. The highest BCUT2D eigenvalue weighted by molar-refractivity contribution is 6.06. The molecule has 1 aromatic carbocycles. The lowest BCUT2D eigenvalue weighted by molar-refractivity contribution is 0.906. The largest absolute Gasteiger partial charge is 0.368 e. The van der Waals surface area contributed by atoms with Crippen molar-refractivity contribution in [3.8, 4) is 0 Å². The normalized spacial score (nSPS) is 8.12. The maximum atomic E-state index is 8.97. The first kappa shape index (κ1) is 15.3. The van der Waals surface area contributed by atoms with Crippen molar-refractivity contribution in [2.45, 2.75) is 0 Å². The number of H-pyrrole nitrogens is 2. The molecule has 0 unspecified atom stereocenters. The van der Waals surface area contributed by atoms with Crippen LogP contribution in [-0.2, 0) is 0 Å². The van der Waals surface area contributed by atoms with Gasteiger partial charge in [-0.15, -0.1) is 3.98 Å². The van der Waals surface area contributed by atoms with E-state index in [1.807, 2.05) is 42.9 Å². The third kappa shape index (κ3) is 5.27. The first-order valence-electron chi connectivity index (χ1n) is 4.71. The fourth-order valence-corrected chi connectivity index (χ4v) is 1.27. The van der Waals surface area contributed by atoms with Crippen LogP contribution in [0.25, 0.3) is 10.9 Å².